The van der Waals surface area contributed by atoms with Crippen molar-refractivity contribution in [1.82, 2.24) is 14.7 Å². The summed E-state index contributed by atoms with van der Waals surface area (Å²) in [5, 5.41) is 0. The third kappa shape index (κ3) is 5.56. The van der Waals surface area contributed by atoms with Gasteiger partial charge in [-0.05, 0) is 60.8 Å². The quantitative estimate of drug-likeness (QED) is 0.622. The molecule has 2 aliphatic heterocycles. The maximum atomic E-state index is 13.8. The Morgan fingerprint density at radius 2 is 1.69 bits per heavy atom. The van der Waals surface area contributed by atoms with Crippen LogP contribution in [-0.2, 0) is 16.0 Å². The standard InChI is InChI=1S/C29H38FN3O3/c1-6-25(27(34)32-17-15-31(5)16-18-32)36-23-12-9-20-13-14-33(28(35)29(2,3)4)26(24(20)19-23)21-7-10-22(30)11-8-21/h7-12,19,25-26H,6,13-18H2,1-5H3/t25-,26-/m1/s1. The van der Waals surface area contributed by atoms with Crippen LogP contribution in [0.2, 0.25) is 0 Å². The minimum absolute atomic E-state index is 0.0166. The molecule has 7 heteroatoms. The largest absolute Gasteiger partial charge is 0.481 e. The van der Waals surface area contributed by atoms with E-state index in [-0.39, 0.29) is 23.7 Å². The number of amides is 2. The summed E-state index contributed by atoms with van der Waals surface area (Å²) >= 11 is 0. The molecule has 0 N–H and O–H groups in total. The molecule has 0 bridgehead atoms. The summed E-state index contributed by atoms with van der Waals surface area (Å²) in [6, 6.07) is 11.9. The van der Waals surface area contributed by atoms with Gasteiger partial charge in [-0.2, -0.15) is 0 Å². The monoisotopic (exact) mass is 495 g/mol. The first kappa shape index (κ1) is 26.1. The molecule has 0 aliphatic carbocycles. The van der Waals surface area contributed by atoms with E-state index in [1.807, 2.05) is 55.7 Å². The number of benzene rings is 2. The molecule has 0 unspecified atom stereocenters. The number of piperazine rings is 1. The zero-order chi connectivity index (χ0) is 26.0. The second-order valence-electron chi connectivity index (χ2n) is 11.0. The smallest absolute Gasteiger partial charge is 0.263 e. The number of hydrogen-bond donors (Lipinski definition) is 0. The van der Waals surface area contributed by atoms with Crippen LogP contribution >= 0.6 is 0 Å². The van der Waals surface area contributed by atoms with E-state index in [4.69, 9.17) is 4.74 Å². The Hall–Kier alpha value is -2.93. The average Bonchev–Trinajstić information content (AvgIpc) is 2.86. The molecule has 1 saturated heterocycles. The van der Waals surface area contributed by atoms with Crippen molar-refractivity contribution in [2.24, 2.45) is 5.41 Å². The third-order valence-corrected chi connectivity index (χ3v) is 7.17. The SMILES string of the molecule is CC[C@@H](Oc1ccc2c(c1)[C@@H](c1ccc(F)cc1)N(C(=O)C(C)(C)C)CC2)C(=O)N1CCN(C)CC1. The Morgan fingerprint density at radius 3 is 2.31 bits per heavy atom. The van der Waals surface area contributed by atoms with Gasteiger partial charge >= 0.3 is 0 Å². The van der Waals surface area contributed by atoms with Crippen molar-refractivity contribution >= 4 is 11.8 Å². The van der Waals surface area contributed by atoms with Gasteiger partial charge in [0.05, 0.1) is 6.04 Å². The van der Waals surface area contributed by atoms with Gasteiger partial charge < -0.3 is 19.4 Å². The molecule has 0 saturated carbocycles. The number of fused-ring (bicyclic) bond motifs is 1. The van der Waals surface area contributed by atoms with Gasteiger partial charge in [-0.1, -0.05) is 45.9 Å². The minimum Gasteiger partial charge on any atom is -0.481 e. The first-order chi connectivity index (χ1) is 17.1. The average molecular weight is 496 g/mol. The predicted octanol–water partition coefficient (Wildman–Crippen LogP) is 4.28. The van der Waals surface area contributed by atoms with Gasteiger partial charge in [0, 0.05) is 38.1 Å². The number of halogens is 1. The van der Waals surface area contributed by atoms with E-state index >= 15 is 0 Å². The highest BCUT2D eigenvalue weighted by Crippen LogP contribution is 2.39. The molecular formula is C29H38FN3O3. The van der Waals surface area contributed by atoms with Crippen molar-refractivity contribution in [3.63, 3.8) is 0 Å². The van der Waals surface area contributed by atoms with Crippen LogP contribution in [-0.4, -0.2) is 72.4 Å². The summed E-state index contributed by atoms with van der Waals surface area (Å²) in [4.78, 5) is 32.6. The lowest BCUT2D eigenvalue weighted by atomic mass is 9.85. The van der Waals surface area contributed by atoms with Gasteiger partial charge in [0.15, 0.2) is 6.10 Å². The molecule has 0 aromatic heterocycles. The predicted molar refractivity (Wildman–Crippen MR) is 138 cm³/mol. The van der Waals surface area contributed by atoms with Crippen molar-refractivity contribution in [3.8, 4) is 5.75 Å². The van der Waals surface area contributed by atoms with Crippen LogP contribution in [0.4, 0.5) is 4.39 Å². The van der Waals surface area contributed by atoms with Crippen molar-refractivity contribution in [2.75, 3.05) is 39.8 Å². The van der Waals surface area contributed by atoms with Crippen LogP contribution < -0.4 is 4.74 Å². The van der Waals surface area contributed by atoms with E-state index < -0.39 is 11.5 Å². The molecule has 36 heavy (non-hydrogen) atoms. The molecule has 4 rings (SSSR count). The number of carbonyl (C=O) groups is 2. The van der Waals surface area contributed by atoms with Crippen LogP contribution in [0.5, 0.6) is 5.75 Å². The van der Waals surface area contributed by atoms with Crippen LogP contribution in [0, 0.1) is 11.2 Å². The minimum atomic E-state index is -0.563. The summed E-state index contributed by atoms with van der Waals surface area (Å²) in [7, 11) is 2.06. The molecule has 2 atom stereocenters. The lowest BCUT2D eigenvalue weighted by Crippen LogP contribution is -2.51. The number of rotatable bonds is 5. The molecule has 6 nitrogen and oxygen atoms in total. The fourth-order valence-electron chi connectivity index (χ4n) is 5.02. The van der Waals surface area contributed by atoms with Gasteiger partial charge in [0.25, 0.3) is 5.91 Å². The zero-order valence-corrected chi connectivity index (χ0v) is 22.1. The molecule has 2 aliphatic rings. The van der Waals surface area contributed by atoms with E-state index in [0.29, 0.717) is 31.8 Å². The highest BCUT2D eigenvalue weighted by atomic mass is 19.1. The van der Waals surface area contributed by atoms with Crippen molar-refractivity contribution in [2.45, 2.75) is 52.7 Å². The lowest BCUT2D eigenvalue weighted by Gasteiger charge is -2.41. The fourth-order valence-corrected chi connectivity index (χ4v) is 5.02. The third-order valence-electron chi connectivity index (χ3n) is 7.17. The van der Waals surface area contributed by atoms with E-state index in [0.717, 1.165) is 36.2 Å². The topological polar surface area (TPSA) is 53.1 Å². The zero-order valence-electron chi connectivity index (χ0n) is 22.1. The van der Waals surface area contributed by atoms with Crippen LogP contribution in [0.15, 0.2) is 42.5 Å². The lowest BCUT2D eigenvalue weighted by molar-refractivity contribution is -0.141. The Morgan fingerprint density at radius 1 is 1.03 bits per heavy atom. The Bertz CT molecular complexity index is 1090. The molecule has 0 spiro atoms. The number of likely N-dealkylation sites (N-methyl/N-ethyl adjacent to an activating group) is 1. The molecule has 0 radical (unpaired) electrons. The summed E-state index contributed by atoms with van der Waals surface area (Å²) in [5.41, 5.74) is 2.40. The van der Waals surface area contributed by atoms with E-state index in [1.54, 1.807) is 12.1 Å². The maximum Gasteiger partial charge on any atom is 0.263 e. The summed E-state index contributed by atoms with van der Waals surface area (Å²) < 4.78 is 20.0. The Kier molecular flexibility index (Phi) is 7.69. The second kappa shape index (κ2) is 10.6. The Labute approximate surface area is 214 Å². The summed E-state index contributed by atoms with van der Waals surface area (Å²) in [6.07, 6.45) is 0.733. The molecule has 2 aromatic carbocycles. The number of carbonyl (C=O) groups excluding carboxylic acids is 2. The van der Waals surface area contributed by atoms with Gasteiger partial charge in [-0.15, -0.1) is 0 Å². The van der Waals surface area contributed by atoms with Gasteiger partial charge in [0.2, 0.25) is 5.91 Å². The van der Waals surface area contributed by atoms with Crippen LogP contribution in [0.3, 0.4) is 0 Å². The molecule has 1 fully saturated rings. The summed E-state index contributed by atoms with van der Waals surface area (Å²) in [6.45, 7) is 11.4. The number of nitrogens with zero attached hydrogens (tertiary/aromatic N) is 3. The second-order valence-corrected chi connectivity index (χ2v) is 11.0. The number of ether oxygens (including phenoxy) is 1. The highest BCUT2D eigenvalue weighted by molar-refractivity contribution is 5.83. The Balaban J connectivity index is 1.65. The van der Waals surface area contributed by atoms with Crippen LogP contribution in [0.25, 0.3) is 0 Å². The normalized spacial score (nSPS) is 19.6. The number of hydrogen-bond acceptors (Lipinski definition) is 4. The molecule has 194 valence electrons. The van der Waals surface area contributed by atoms with Gasteiger partial charge in [-0.25, -0.2) is 4.39 Å². The highest BCUT2D eigenvalue weighted by Gasteiger charge is 2.37. The first-order valence-electron chi connectivity index (χ1n) is 12.9. The maximum absolute atomic E-state index is 13.8. The summed E-state index contributed by atoms with van der Waals surface area (Å²) in [5.74, 6) is 0.363. The molecular weight excluding hydrogens is 457 g/mol. The molecule has 2 aromatic rings. The van der Waals surface area contributed by atoms with E-state index in [2.05, 4.69) is 11.9 Å². The fraction of sp³-hybridized carbons (Fsp3) is 0.517. The van der Waals surface area contributed by atoms with E-state index in [9.17, 15) is 14.0 Å². The van der Waals surface area contributed by atoms with Gasteiger partial charge in [0.1, 0.15) is 11.6 Å². The van der Waals surface area contributed by atoms with Gasteiger partial charge in [-0.3, -0.25) is 9.59 Å². The molecule has 2 heterocycles. The molecule has 2 amide bonds. The van der Waals surface area contributed by atoms with Crippen molar-refractivity contribution in [3.05, 3.63) is 65.0 Å². The van der Waals surface area contributed by atoms with Crippen LogP contribution in [0.1, 0.15) is 56.8 Å². The van der Waals surface area contributed by atoms with E-state index in [1.165, 1.54) is 12.1 Å². The van der Waals surface area contributed by atoms with Crippen molar-refractivity contribution < 1.29 is 18.7 Å². The first-order valence-corrected chi connectivity index (χ1v) is 12.9. The van der Waals surface area contributed by atoms with Crippen molar-refractivity contribution in [1.29, 1.82) is 0 Å².